The standard InChI is InChI=1S/C25H53N3O15S/c1-6-15-16(12-31)43-24(18(27)22(15)37-5)42-13(3)20(32)17(26)23(39-10-8-29)41-14(4)21(33)19(28-44(34,35)36)25(38-7-2)40-11-9-30/h13-25,28-33H,6-12,26-27H2,1-5H3,(H,34,35,36). The summed E-state index contributed by atoms with van der Waals surface area (Å²) in [5.41, 5.74) is 12.6. The van der Waals surface area contributed by atoms with Crippen molar-refractivity contribution in [2.75, 3.05) is 46.8 Å². The van der Waals surface area contributed by atoms with E-state index in [1.807, 2.05) is 11.6 Å². The van der Waals surface area contributed by atoms with Crippen LogP contribution in [-0.2, 0) is 43.5 Å². The van der Waals surface area contributed by atoms with E-state index >= 15 is 0 Å². The second kappa shape index (κ2) is 20.5. The third-order valence-corrected chi connectivity index (χ3v) is 7.79. The molecule has 0 aromatic rings. The zero-order chi connectivity index (χ0) is 33.6. The van der Waals surface area contributed by atoms with Gasteiger partial charge in [-0.3, -0.25) is 4.55 Å². The summed E-state index contributed by atoms with van der Waals surface area (Å²) in [6.07, 6.45) is -10.2. The average Bonchev–Trinajstić information content (AvgIpc) is 2.98. The lowest BCUT2D eigenvalue weighted by Crippen LogP contribution is -2.62. The van der Waals surface area contributed by atoms with Gasteiger partial charge < -0.3 is 70.2 Å². The minimum atomic E-state index is -4.89. The minimum absolute atomic E-state index is 0.0105. The molecule has 19 heteroatoms. The highest BCUT2D eigenvalue weighted by Gasteiger charge is 2.46. The fourth-order valence-corrected chi connectivity index (χ4v) is 5.55. The number of ether oxygens (including phenoxy) is 7. The van der Waals surface area contributed by atoms with Gasteiger partial charge in [0.2, 0.25) is 0 Å². The third-order valence-electron chi connectivity index (χ3n) is 7.22. The van der Waals surface area contributed by atoms with Crippen LogP contribution in [0.4, 0.5) is 0 Å². The number of methoxy groups -OCH3 is 1. The van der Waals surface area contributed by atoms with Gasteiger partial charge in [0.1, 0.15) is 12.1 Å². The Bertz CT molecular complexity index is 878. The van der Waals surface area contributed by atoms with Gasteiger partial charge in [-0.15, -0.1) is 0 Å². The third kappa shape index (κ3) is 12.5. The highest BCUT2D eigenvalue weighted by Crippen LogP contribution is 2.31. The molecule has 0 amide bonds. The Morgan fingerprint density at radius 3 is 2.02 bits per heavy atom. The van der Waals surface area contributed by atoms with E-state index in [0.717, 1.165) is 0 Å². The first kappa shape index (κ1) is 41.3. The van der Waals surface area contributed by atoms with Crippen molar-refractivity contribution < 1.29 is 71.7 Å². The molecule has 0 aliphatic carbocycles. The molecule has 0 bridgehead atoms. The van der Waals surface area contributed by atoms with Crippen LogP contribution in [-0.4, -0.2) is 159 Å². The van der Waals surface area contributed by atoms with E-state index in [4.69, 9.17) is 49.7 Å². The number of rotatable bonds is 23. The lowest BCUT2D eigenvalue weighted by atomic mass is 9.86. The van der Waals surface area contributed by atoms with E-state index in [-0.39, 0.29) is 32.3 Å². The van der Waals surface area contributed by atoms with Crippen LogP contribution < -0.4 is 16.2 Å². The van der Waals surface area contributed by atoms with Crippen molar-refractivity contribution in [1.82, 2.24) is 4.72 Å². The van der Waals surface area contributed by atoms with Gasteiger partial charge >= 0.3 is 10.3 Å². The zero-order valence-corrected chi connectivity index (χ0v) is 26.7. The van der Waals surface area contributed by atoms with E-state index in [1.54, 1.807) is 6.92 Å². The molecule has 0 saturated carbocycles. The lowest BCUT2D eigenvalue weighted by molar-refractivity contribution is -0.281. The topological polar surface area (TPSA) is 284 Å². The van der Waals surface area contributed by atoms with Crippen LogP contribution in [0.15, 0.2) is 0 Å². The van der Waals surface area contributed by atoms with Gasteiger partial charge in [-0.25, -0.2) is 0 Å². The summed E-state index contributed by atoms with van der Waals surface area (Å²) < 4.78 is 73.8. The van der Waals surface area contributed by atoms with Gasteiger partial charge in [-0.1, -0.05) is 6.92 Å². The molecule has 11 N–H and O–H groups in total. The Labute approximate surface area is 258 Å². The summed E-state index contributed by atoms with van der Waals surface area (Å²) in [4.78, 5) is 0. The van der Waals surface area contributed by atoms with E-state index in [9.17, 15) is 33.4 Å². The molecule has 18 nitrogen and oxygen atoms in total. The van der Waals surface area contributed by atoms with Gasteiger partial charge in [-0.05, 0) is 27.2 Å². The predicted molar refractivity (Wildman–Crippen MR) is 153 cm³/mol. The lowest BCUT2D eigenvalue weighted by Gasteiger charge is -2.45. The second-order valence-electron chi connectivity index (χ2n) is 10.3. The van der Waals surface area contributed by atoms with Gasteiger partial charge in [-0.2, -0.15) is 13.1 Å². The Balaban J connectivity index is 3.12. The minimum Gasteiger partial charge on any atom is -0.394 e. The summed E-state index contributed by atoms with van der Waals surface area (Å²) in [6, 6.07) is -3.79. The van der Waals surface area contributed by atoms with E-state index in [2.05, 4.69) is 0 Å². The van der Waals surface area contributed by atoms with Crippen LogP contribution in [0.3, 0.4) is 0 Å². The highest BCUT2D eigenvalue weighted by molar-refractivity contribution is 7.83. The first-order valence-corrected chi connectivity index (χ1v) is 15.9. The van der Waals surface area contributed by atoms with Crippen LogP contribution >= 0.6 is 0 Å². The molecular formula is C25H53N3O15S. The van der Waals surface area contributed by atoms with Crippen molar-refractivity contribution >= 4 is 10.3 Å². The fourth-order valence-electron chi connectivity index (χ4n) is 4.95. The molecule has 1 rings (SSSR count). The number of aliphatic hydroxyl groups is 5. The normalized spacial score (nSPS) is 28.5. The monoisotopic (exact) mass is 667 g/mol. The van der Waals surface area contributed by atoms with E-state index < -0.39 is 97.1 Å². The second-order valence-corrected chi connectivity index (χ2v) is 11.5. The quantitative estimate of drug-likeness (QED) is 0.0376. The van der Waals surface area contributed by atoms with E-state index in [1.165, 1.54) is 21.0 Å². The first-order chi connectivity index (χ1) is 20.7. The number of hydrogen-bond donors (Lipinski definition) is 9. The highest BCUT2D eigenvalue weighted by atomic mass is 32.2. The van der Waals surface area contributed by atoms with Crippen molar-refractivity contribution in [1.29, 1.82) is 0 Å². The maximum Gasteiger partial charge on any atom is 0.333 e. The molecule has 44 heavy (non-hydrogen) atoms. The number of nitrogens with two attached hydrogens (primary N) is 2. The molecule has 13 unspecified atom stereocenters. The predicted octanol–water partition coefficient (Wildman–Crippen LogP) is -3.60. The van der Waals surface area contributed by atoms with Gasteiger partial charge in [0.25, 0.3) is 0 Å². The summed E-state index contributed by atoms with van der Waals surface area (Å²) in [7, 11) is -3.40. The number of nitrogens with one attached hydrogen (secondary N) is 1. The SMILES string of the molecule is CCOC(OCCO)C(NS(=O)(=O)O)C(O)C(C)OC(OCCO)C(N)C(O)C(C)OC1OC(CO)C(CC)C(OC)C1N. The Hall–Kier alpha value is -0.690. The molecule has 264 valence electrons. The average molecular weight is 668 g/mol. The Morgan fingerprint density at radius 2 is 1.55 bits per heavy atom. The van der Waals surface area contributed by atoms with Crippen molar-refractivity contribution in [2.45, 2.75) is 108 Å². The Kier molecular flexibility index (Phi) is 19.3. The van der Waals surface area contributed by atoms with Crippen LogP contribution in [0.2, 0.25) is 0 Å². The first-order valence-electron chi connectivity index (χ1n) is 14.5. The summed E-state index contributed by atoms with van der Waals surface area (Å²) in [6.45, 7) is 4.51. The molecule has 0 aromatic carbocycles. The molecule has 1 heterocycles. The molecule has 1 saturated heterocycles. The molecule has 1 fully saturated rings. The molecule has 13 atom stereocenters. The molecule has 0 aromatic heterocycles. The van der Waals surface area contributed by atoms with Gasteiger partial charge in [0.05, 0.1) is 75.6 Å². The van der Waals surface area contributed by atoms with Crippen molar-refractivity contribution in [3.05, 3.63) is 0 Å². The smallest absolute Gasteiger partial charge is 0.333 e. The fraction of sp³-hybridized carbons (Fsp3) is 1.00. The summed E-state index contributed by atoms with van der Waals surface area (Å²) >= 11 is 0. The number of hydrogen-bond acceptors (Lipinski definition) is 16. The summed E-state index contributed by atoms with van der Waals surface area (Å²) in [5.74, 6) is -0.199. The van der Waals surface area contributed by atoms with Gasteiger partial charge in [0, 0.05) is 19.6 Å². The zero-order valence-electron chi connectivity index (χ0n) is 25.9. The number of aliphatic hydroxyl groups excluding tert-OH is 5. The molecular weight excluding hydrogens is 614 g/mol. The maximum atomic E-state index is 11.7. The van der Waals surface area contributed by atoms with Crippen molar-refractivity contribution in [3.8, 4) is 0 Å². The maximum absolute atomic E-state index is 11.7. The molecule has 0 radical (unpaired) electrons. The largest absolute Gasteiger partial charge is 0.394 e. The van der Waals surface area contributed by atoms with Crippen molar-refractivity contribution in [2.24, 2.45) is 17.4 Å². The van der Waals surface area contributed by atoms with Gasteiger partial charge in [0.15, 0.2) is 18.9 Å². The van der Waals surface area contributed by atoms with Crippen molar-refractivity contribution in [3.63, 3.8) is 0 Å². The van der Waals surface area contributed by atoms with E-state index in [0.29, 0.717) is 6.42 Å². The molecule has 1 aliphatic rings. The Morgan fingerprint density at radius 1 is 0.955 bits per heavy atom. The summed E-state index contributed by atoms with van der Waals surface area (Å²) in [5, 5.41) is 50.4. The van der Waals surface area contributed by atoms with Crippen LogP contribution in [0.5, 0.6) is 0 Å². The van der Waals surface area contributed by atoms with Crippen LogP contribution in [0, 0.1) is 5.92 Å². The molecule has 0 spiro atoms. The van der Waals surface area contributed by atoms with Crippen LogP contribution in [0.1, 0.15) is 34.1 Å². The molecule has 1 aliphatic heterocycles. The van der Waals surface area contributed by atoms with Crippen LogP contribution in [0.25, 0.3) is 0 Å².